The SMILES string of the molecule is CN1CCO[C@@H](C(=O)Nc2ccc3c(c2)nc(C(C)(C)C)n3C)C1. The monoisotopic (exact) mass is 330 g/mol. The molecular formula is C18H26N4O2. The van der Waals surface area contributed by atoms with Gasteiger partial charge in [-0.1, -0.05) is 20.8 Å². The number of anilines is 1. The third kappa shape index (κ3) is 3.30. The van der Waals surface area contributed by atoms with E-state index in [0.29, 0.717) is 13.2 Å². The lowest BCUT2D eigenvalue weighted by Crippen LogP contribution is -2.46. The first-order valence-electron chi connectivity index (χ1n) is 8.33. The van der Waals surface area contributed by atoms with Gasteiger partial charge in [0.2, 0.25) is 0 Å². The normalized spacial score (nSPS) is 19.6. The Bertz CT molecular complexity index is 760. The van der Waals surface area contributed by atoms with Crippen molar-refractivity contribution in [2.24, 2.45) is 7.05 Å². The average molecular weight is 330 g/mol. The van der Waals surface area contributed by atoms with Crippen molar-refractivity contribution in [3.8, 4) is 0 Å². The molecule has 1 fully saturated rings. The Labute approximate surface area is 142 Å². The molecule has 0 radical (unpaired) electrons. The fourth-order valence-electron chi connectivity index (χ4n) is 3.11. The number of nitrogens with one attached hydrogen (secondary N) is 1. The quantitative estimate of drug-likeness (QED) is 0.916. The molecule has 0 aliphatic carbocycles. The molecular weight excluding hydrogens is 304 g/mol. The molecule has 6 nitrogen and oxygen atoms in total. The predicted molar refractivity (Wildman–Crippen MR) is 95.3 cm³/mol. The van der Waals surface area contributed by atoms with Crippen molar-refractivity contribution >= 4 is 22.6 Å². The lowest BCUT2D eigenvalue weighted by Gasteiger charge is -2.29. The zero-order chi connectivity index (χ0) is 17.5. The number of ether oxygens (including phenoxy) is 1. The smallest absolute Gasteiger partial charge is 0.254 e. The zero-order valence-corrected chi connectivity index (χ0v) is 15.1. The van der Waals surface area contributed by atoms with Crippen molar-refractivity contribution in [3.63, 3.8) is 0 Å². The van der Waals surface area contributed by atoms with E-state index in [-0.39, 0.29) is 11.3 Å². The first-order chi connectivity index (χ1) is 11.3. The standard InChI is InChI=1S/C18H26N4O2/c1-18(2,3)17-20-13-10-12(6-7-14(13)22(17)5)19-16(23)15-11-21(4)8-9-24-15/h6-7,10,15H,8-9,11H2,1-5H3,(H,19,23)/t15-/m1/s1. The molecule has 2 heterocycles. The van der Waals surface area contributed by atoms with Crippen molar-refractivity contribution in [2.45, 2.75) is 32.3 Å². The molecule has 1 aromatic carbocycles. The summed E-state index contributed by atoms with van der Waals surface area (Å²) in [5, 5.41) is 2.95. The van der Waals surface area contributed by atoms with Gasteiger partial charge in [0.25, 0.3) is 5.91 Å². The number of fused-ring (bicyclic) bond motifs is 1. The Balaban J connectivity index is 1.82. The molecule has 0 spiro atoms. The second-order valence-electron chi connectivity index (χ2n) is 7.56. The van der Waals surface area contributed by atoms with E-state index >= 15 is 0 Å². The summed E-state index contributed by atoms with van der Waals surface area (Å²) in [4.78, 5) is 19.2. The van der Waals surface area contributed by atoms with Gasteiger partial charge in [-0.05, 0) is 25.2 Å². The van der Waals surface area contributed by atoms with Crippen LogP contribution in [0.4, 0.5) is 5.69 Å². The van der Waals surface area contributed by atoms with E-state index in [0.717, 1.165) is 29.1 Å². The van der Waals surface area contributed by atoms with E-state index < -0.39 is 6.10 Å². The van der Waals surface area contributed by atoms with Gasteiger partial charge >= 0.3 is 0 Å². The minimum absolute atomic E-state index is 0.0301. The maximum Gasteiger partial charge on any atom is 0.254 e. The van der Waals surface area contributed by atoms with Crippen LogP contribution in [0.15, 0.2) is 18.2 Å². The van der Waals surface area contributed by atoms with E-state index in [1.807, 2.05) is 32.3 Å². The Morgan fingerprint density at radius 2 is 2.08 bits per heavy atom. The number of morpholine rings is 1. The summed E-state index contributed by atoms with van der Waals surface area (Å²) >= 11 is 0. The second-order valence-corrected chi connectivity index (χ2v) is 7.56. The van der Waals surface area contributed by atoms with Crippen LogP contribution in [0.25, 0.3) is 11.0 Å². The van der Waals surface area contributed by atoms with Crippen molar-refractivity contribution in [2.75, 3.05) is 32.1 Å². The van der Waals surface area contributed by atoms with Crippen LogP contribution in [0.3, 0.4) is 0 Å². The Morgan fingerprint density at radius 3 is 2.75 bits per heavy atom. The van der Waals surface area contributed by atoms with Crippen LogP contribution in [0.1, 0.15) is 26.6 Å². The lowest BCUT2D eigenvalue weighted by molar-refractivity contribution is -0.132. The van der Waals surface area contributed by atoms with Crippen molar-refractivity contribution in [3.05, 3.63) is 24.0 Å². The zero-order valence-electron chi connectivity index (χ0n) is 15.1. The Morgan fingerprint density at radius 1 is 1.33 bits per heavy atom. The molecule has 1 N–H and O–H groups in total. The number of aryl methyl sites for hydroxylation is 1. The van der Waals surface area contributed by atoms with E-state index in [9.17, 15) is 4.79 Å². The molecule has 2 aromatic rings. The molecule has 0 bridgehead atoms. The minimum Gasteiger partial charge on any atom is -0.366 e. The van der Waals surface area contributed by atoms with E-state index in [1.165, 1.54) is 0 Å². The molecule has 1 atom stereocenters. The molecule has 0 saturated carbocycles. The molecule has 130 valence electrons. The van der Waals surface area contributed by atoms with Crippen molar-refractivity contribution in [1.29, 1.82) is 0 Å². The first kappa shape index (κ1) is 16.9. The fraction of sp³-hybridized carbons (Fsp3) is 0.556. The number of likely N-dealkylation sites (N-methyl/N-ethyl adjacent to an activating group) is 1. The Kier molecular flexibility index (Phi) is 4.36. The van der Waals surface area contributed by atoms with Gasteiger partial charge in [-0.15, -0.1) is 0 Å². The third-order valence-electron chi connectivity index (χ3n) is 4.38. The number of carbonyl (C=O) groups excluding carboxylic acids is 1. The largest absolute Gasteiger partial charge is 0.366 e. The molecule has 6 heteroatoms. The van der Waals surface area contributed by atoms with Gasteiger partial charge in [0.1, 0.15) is 11.9 Å². The van der Waals surface area contributed by atoms with E-state index in [1.54, 1.807) is 0 Å². The van der Waals surface area contributed by atoms with Gasteiger partial charge < -0.3 is 19.5 Å². The number of nitrogens with zero attached hydrogens (tertiary/aromatic N) is 3. The molecule has 1 aromatic heterocycles. The van der Waals surface area contributed by atoms with E-state index in [2.05, 4.69) is 35.6 Å². The van der Waals surface area contributed by atoms with Gasteiger partial charge in [0.15, 0.2) is 0 Å². The molecule has 0 unspecified atom stereocenters. The number of benzene rings is 1. The van der Waals surface area contributed by atoms with Gasteiger partial charge in [-0.25, -0.2) is 4.98 Å². The Hall–Kier alpha value is -1.92. The highest BCUT2D eigenvalue weighted by molar-refractivity contribution is 5.96. The maximum atomic E-state index is 12.4. The summed E-state index contributed by atoms with van der Waals surface area (Å²) in [5.74, 6) is 0.922. The maximum absolute atomic E-state index is 12.4. The summed E-state index contributed by atoms with van der Waals surface area (Å²) in [6.45, 7) is 8.50. The fourth-order valence-corrected chi connectivity index (χ4v) is 3.11. The summed E-state index contributed by atoms with van der Waals surface area (Å²) in [6.07, 6.45) is -0.423. The van der Waals surface area contributed by atoms with Crippen LogP contribution in [0, 0.1) is 0 Å². The number of amides is 1. The number of carbonyl (C=O) groups is 1. The first-order valence-corrected chi connectivity index (χ1v) is 8.33. The van der Waals surface area contributed by atoms with Crippen LogP contribution >= 0.6 is 0 Å². The van der Waals surface area contributed by atoms with Gasteiger partial charge in [0.05, 0.1) is 17.6 Å². The minimum atomic E-state index is -0.423. The summed E-state index contributed by atoms with van der Waals surface area (Å²) in [5.41, 5.74) is 2.67. The third-order valence-corrected chi connectivity index (χ3v) is 4.38. The number of imidazole rings is 1. The average Bonchev–Trinajstić information content (AvgIpc) is 2.84. The molecule has 1 aliphatic heterocycles. The highest BCUT2D eigenvalue weighted by atomic mass is 16.5. The van der Waals surface area contributed by atoms with E-state index in [4.69, 9.17) is 9.72 Å². The van der Waals surface area contributed by atoms with Gasteiger partial charge in [-0.2, -0.15) is 0 Å². The van der Waals surface area contributed by atoms with Gasteiger partial charge in [-0.3, -0.25) is 4.79 Å². The van der Waals surface area contributed by atoms with Crippen LogP contribution < -0.4 is 5.32 Å². The molecule has 1 aliphatic rings. The molecule has 24 heavy (non-hydrogen) atoms. The molecule has 1 amide bonds. The molecule has 1 saturated heterocycles. The predicted octanol–water partition coefficient (Wildman–Crippen LogP) is 2.14. The highest BCUT2D eigenvalue weighted by Gasteiger charge is 2.25. The second kappa shape index (κ2) is 6.18. The number of rotatable bonds is 2. The van der Waals surface area contributed by atoms with Crippen LogP contribution in [0.5, 0.6) is 0 Å². The topological polar surface area (TPSA) is 59.4 Å². The van der Waals surface area contributed by atoms with Crippen LogP contribution in [-0.2, 0) is 22.0 Å². The van der Waals surface area contributed by atoms with Gasteiger partial charge in [0, 0.05) is 31.2 Å². The van der Waals surface area contributed by atoms with Crippen molar-refractivity contribution < 1.29 is 9.53 Å². The van der Waals surface area contributed by atoms with Crippen LogP contribution in [-0.4, -0.2) is 53.2 Å². The number of hydrogen-bond donors (Lipinski definition) is 1. The lowest BCUT2D eigenvalue weighted by atomic mass is 9.96. The number of hydrogen-bond acceptors (Lipinski definition) is 4. The summed E-state index contributed by atoms with van der Waals surface area (Å²) < 4.78 is 7.68. The van der Waals surface area contributed by atoms with Crippen LogP contribution in [0.2, 0.25) is 0 Å². The summed E-state index contributed by atoms with van der Waals surface area (Å²) in [7, 11) is 4.02. The van der Waals surface area contributed by atoms with Crippen molar-refractivity contribution in [1.82, 2.24) is 14.5 Å². The number of aromatic nitrogens is 2. The summed E-state index contributed by atoms with van der Waals surface area (Å²) in [6, 6.07) is 5.84. The molecule has 3 rings (SSSR count). The highest BCUT2D eigenvalue weighted by Crippen LogP contribution is 2.27.